The third-order valence-electron chi connectivity index (χ3n) is 2.34. The van der Waals surface area contributed by atoms with Gasteiger partial charge in [-0.05, 0) is 12.1 Å². The first-order chi connectivity index (χ1) is 9.79. The van der Waals surface area contributed by atoms with E-state index in [2.05, 4.69) is 20.6 Å². The van der Waals surface area contributed by atoms with Gasteiger partial charge in [-0.1, -0.05) is 0 Å². The number of carbonyl (C=O) groups excluding carboxylic acids is 1. The number of hydrogen-bond donors (Lipinski definition) is 1. The molecule has 0 atom stereocenters. The van der Waals surface area contributed by atoms with Crippen LogP contribution in [0.5, 0.6) is 5.88 Å². The maximum Gasteiger partial charge on any atom is 0.258 e. The van der Waals surface area contributed by atoms with Crippen LogP contribution in [0.2, 0.25) is 0 Å². The molecule has 0 aromatic carbocycles. The number of nitrogens with zero attached hydrogens (tertiary/aromatic N) is 4. The van der Waals surface area contributed by atoms with Crippen molar-refractivity contribution in [3.05, 3.63) is 30.6 Å². The molecule has 0 radical (unpaired) electrons. The molecule has 106 valence electrons. The number of aromatic nitrogens is 4. The average Bonchev–Trinajstić information content (AvgIpc) is 3.00. The lowest BCUT2D eigenvalue weighted by Gasteiger charge is -2.06. The van der Waals surface area contributed by atoms with Gasteiger partial charge in [0.1, 0.15) is 0 Å². The summed E-state index contributed by atoms with van der Waals surface area (Å²) in [6, 6.07) is 5.13. The van der Waals surface area contributed by atoms with Crippen molar-refractivity contribution in [1.82, 2.24) is 25.3 Å². The number of ether oxygens (including phenoxy) is 2. The standard InChI is InChI=1S/C12H15N5O3/c1-19-8-6-13-11(18)9-20-12-4-3-10(15-16-12)17-7-2-5-14-17/h2-5,7H,6,8-9H2,1H3,(H,13,18). The van der Waals surface area contributed by atoms with Crippen molar-refractivity contribution in [1.29, 1.82) is 0 Å². The summed E-state index contributed by atoms with van der Waals surface area (Å²) in [7, 11) is 1.57. The van der Waals surface area contributed by atoms with Gasteiger partial charge in [-0.2, -0.15) is 5.10 Å². The molecule has 20 heavy (non-hydrogen) atoms. The first kappa shape index (κ1) is 13.9. The second kappa shape index (κ2) is 7.19. The highest BCUT2D eigenvalue weighted by Crippen LogP contribution is 2.07. The molecule has 2 rings (SSSR count). The Kier molecular flexibility index (Phi) is 5.01. The summed E-state index contributed by atoms with van der Waals surface area (Å²) in [5.41, 5.74) is 0. The fraction of sp³-hybridized carbons (Fsp3) is 0.333. The first-order valence-electron chi connectivity index (χ1n) is 6.02. The number of carbonyl (C=O) groups is 1. The molecule has 0 aliphatic heterocycles. The van der Waals surface area contributed by atoms with Gasteiger partial charge in [0.05, 0.1) is 6.61 Å². The predicted octanol–water partition coefficient (Wildman–Crippen LogP) is -0.196. The van der Waals surface area contributed by atoms with Crippen molar-refractivity contribution < 1.29 is 14.3 Å². The van der Waals surface area contributed by atoms with Crippen LogP contribution >= 0.6 is 0 Å². The molecule has 0 unspecified atom stereocenters. The van der Waals surface area contributed by atoms with Crippen molar-refractivity contribution in [3.63, 3.8) is 0 Å². The molecule has 0 fully saturated rings. The van der Waals surface area contributed by atoms with Crippen molar-refractivity contribution in [2.75, 3.05) is 26.9 Å². The summed E-state index contributed by atoms with van der Waals surface area (Å²) in [5.74, 6) is 0.620. The van der Waals surface area contributed by atoms with Crippen LogP contribution < -0.4 is 10.1 Å². The highest BCUT2D eigenvalue weighted by Gasteiger charge is 2.04. The second-order valence-electron chi connectivity index (χ2n) is 3.81. The van der Waals surface area contributed by atoms with Crippen molar-refractivity contribution in [2.24, 2.45) is 0 Å². The summed E-state index contributed by atoms with van der Waals surface area (Å²) in [4.78, 5) is 11.4. The Morgan fingerprint density at radius 2 is 2.30 bits per heavy atom. The van der Waals surface area contributed by atoms with E-state index in [1.807, 2.05) is 0 Å². The molecule has 0 bridgehead atoms. The highest BCUT2D eigenvalue weighted by atomic mass is 16.5. The van der Waals surface area contributed by atoms with Gasteiger partial charge >= 0.3 is 0 Å². The fourth-order valence-electron chi connectivity index (χ4n) is 1.40. The second-order valence-corrected chi connectivity index (χ2v) is 3.81. The molecule has 1 N–H and O–H groups in total. The van der Waals surface area contributed by atoms with Crippen LogP contribution in [0, 0.1) is 0 Å². The van der Waals surface area contributed by atoms with Crippen LogP contribution in [0.4, 0.5) is 0 Å². The van der Waals surface area contributed by atoms with Crippen molar-refractivity contribution in [3.8, 4) is 11.7 Å². The molecule has 1 amide bonds. The van der Waals surface area contributed by atoms with Crippen LogP contribution in [0.25, 0.3) is 5.82 Å². The third-order valence-corrected chi connectivity index (χ3v) is 2.34. The Labute approximate surface area is 115 Å². The summed E-state index contributed by atoms with van der Waals surface area (Å²) in [6.07, 6.45) is 3.41. The van der Waals surface area contributed by atoms with Crippen LogP contribution in [0.15, 0.2) is 30.6 Å². The molecular formula is C12H15N5O3. The summed E-state index contributed by atoms with van der Waals surface area (Å²) in [5, 5.41) is 14.5. The van der Waals surface area contributed by atoms with Gasteiger partial charge in [0, 0.05) is 32.1 Å². The molecular weight excluding hydrogens is 262 g/mol. The smallest absolute Gasteiger partial charge is 0.258 e. The fourth-order valence-corrected chi connectivity index (χ4v) is 1.40. The predicted molar refractivity (Wildman–Crippen MR) is 69.5 cm³/mol. The summed E-state index contributed by atoms with van der Waals surface area (Å²) < 4.78 is 11.6. The molecule has 2 aromatic heterocycles. The lowest BCUT2D eigenvalue weighted by Crippen LogP contribution is -2.31. The van der Waals surface area contributed by atoms with Gasteiger partial charge in [-0.3, -0.25) is 4.79 Å². The molecule has 8 nitrogen and oxygen atoms in total. The largest absolute Gasteiger partial charge is 0.466 e. The van der Waals surface area contributed by atoms with Gasteiger partial charge in [0.25, 0.3) is 5.91 Å². The topological polar surface area (TPSA) is 91.2 Å². The maximum absolute atomic E-state index is 11.4. The van der Waals surface area contributed by atoms with E-state index < -0.39 is 0 Å². The van der Waals surface area contributed by atoms with Crippen LogP contribution in [-0.2, 0) is 9.53 Å². The minimum Gasteiger partial charge on any atom is -0.466 e. The Morgan fingerprint density at radius 1 is 1.40 bits per heavy atom. The molecule has 2 aromatic rings. The molecule has 0 saturated heterocycles. The number of methoxy groups -OCH3 is 1. The van der Waals surface area contributed by atoms with E-state index in [0.29, 0.717) is 19.0 Å². The van der Waals surface area contributed by atoms with E-state index in [9.17, 15) is 4.79 Å². The minimum absolute atomic E-state index is 0.112. The SMILES string of the molecule is COCCNC(=O)COc1ccc(-n2cccn2)nn1. The lowest BCUT2D eigenvalue weighted by molar-refractivity contribution is -0.123. The van der Waals surface area contributed by atoms with E-state index in [1.54, 1.807) is 42.4 Å². The quantitative estimate of drug-likeness (QED) is 0.705. The monoisotopic (exact) mass is 277 g/mol. The van der Waals surface area contributed by atoms with Crippen LogP contribution in [-0.4, -0.2) is 52.8 Å². The maximum atomic E-state index is 11.4. The van der Waals surface area contributed by atoms with E-state index in [-0.39, 0.29) is 18.4 Å². The van der Waals surface area contributed by atoms with E-state index >= 15 is 0 Å². The van der Waals surface area contributed by atoms with E-state index in [1.165, 1.54) is 0 Å². The van der Waals surface area contributed by atoms with Crippen LogP contribution in [0.3, 0.4) is 0 Å². The number of amides is 1. The lowest BCUT2D eigenvalue weighted by atomic mass is 10.5. The normalized spacial score (nSPS) is 10.2. The zero-order valence-electron chi connectivity index (χ0n) is 11.0. The van der Waals surface area contributed by atoms with Gasteiger partial charge in [-0.25, -0.2) is 4.68 Å². The van der Waals surface area contributed by atoms with Gasteiger partial charge in [0.15, 0.2) is 12.4 Å². The van der Waals surface area contributed by atoms with Gasteiger partial charge in [-0.15, -0.1) is 10.2 Å². The summed E-state index contributed by atoms with van der Waals surface area (Å²) >= 11 is 0. The number of nitrogens with one attached hydrogen (secondary N) is 1. The molecule has 0 spiro atoms. The van der Waals surface area contributed by atoms with Gasteiger partial charge < -0.3 is 14.8 Å². The Balaban J connectivity index is 1.81. The molecule has 2 heterocycles. The highest BCUT2D eigenvalue weighted by molar-refractivity contribution is 5.77. The Hall–Kier alpha value is -2.48. The number of rotatable bonds is 7. The van der Waals surface area contributed by atoms with E-state index in [0.717, 1.165) is 0 Å². The van der Waals surface area contributed by atoms with Crippen LogP contribution in [0.1, 0.15) is 0 Å². The molecule has 8 heteroatoms. The molecule has 0 aliphatic rings. The summed E-state index contributed by atoms with van der Waals surface area (Å²) in [6.45, 7) is 0.798. The minimum atomic E-state index is -0.236. The van der Waals surface area contributed by atoms with E-state index in [4.69, 9.17) is 9.47 Å². The number of hydrogen-bond acceptors (Lipinski definition) is 6. The average molecular weight is 277 g/mol. The van der Waals surface area contributed by atoms with Crippen molar-refractivity contribution >= 4 is 5.91 Å². The van der Waals surface area contributed by atoms with Crippen molar-refractivity contribution in [2.45, 2.75) is 0 Å². The zero-order valence-corrected chi connectivity index (χ0v) is 11.0. The first-order valence-corrected chi connectivity index (χ1v) is 6.02. The Morgan fingerprint density at radius 3 is 2.95 bits per heavy atom. The Bertz CT molecular complexity index is 527. The van der Waals surface area contributed by atoms with Gasteiger partial charge in [0.2, 0.25) is 5.88 Å². The third kappa shape index (κ3) is 4.02. The zero-order chi connectivity index (χ0) is 14.2. The molecule has 0 saturated carbocycles. The molecule has 0 aliphatic carbocycles.